The molecule has 0 spiro atoms. The molecule has 70 heavy (non-hydrogen) atoms. The third kappa shape index (κ3) is 21.6. The Labute approximate surface area is 427 Å². The fourth-order valence-electron chi connectivity index (χ4n) is 6.22. The summed E-state index contributed by atoms with van der Waals surface area (Å²) in [4.78, 5) is 52.1. The Kier molecular flexibility index (Phi) is 28.5. The Hall–Kier alpha value is -6.85. The number of anilines is 1. The summed E-state index contributed by atoms with van der Waals surface area (Å²) in [5.41, 5.74) is 11.3. The van der Waals surface area contributed by atoms with Gasteiger partial charge in [0.1, 0.15) is 5.71 Å². The summed E-state index contributed by atoms with van der Waals surface area (Å²) in [6, 6.07) is 18.1. The van der Waals surface area contributed by atoms with Crippen LogP contribution in [-0.2, 0) is 48.1 Å². The van der Waals surface area contributed by atoms with Crippen molar-refractivity contribution in [2.75, 3.05) is 18.0 Å². The van der Waals surface area contributed by atoms with E-state index in [1.165, 1.54) is 73.7 Å². The largest absolute Gasteiger partial charge is 2.00 e. The first kappa shape index (κ1) is 59.3. The maximum absolute atomic E-state index is 12.6. The molecular formula is C50H51F3N8O6RuS2. The van der Waals surface area contributed by atoms with E-state index in [-0.39, 0.29) is 25.2 Å². The quantitative estimate of drug-likeness (QED) is 0.0110. The van der Waals surface area contributed by atoms with Crippen molar-refractivity contribution < 1.29 is 61.2 Å². The number of isothiocyanates is 1. The maximum atomic E-state index is 12.6. The number of thiophene rings is 1. The minimum Gasteiger partial charge on any atom is -0.753 e. The molecule has 20 heteroatoms. The first-order valence-corrected chi connectivity index (χ1v) is 22.8. The van der Waals surface area contributed by atoms with Gasteiger partial charge in [-0.05, 0) is 120 Å². The van der Waals surface area contributed by atoms with E-state index in [0.29, 0.717) is 53.8 Å². The van der Waals surface area contributed by atoms with Crippen LogP contribution >= 0.6 is 23.6 Å². The van der Waals surface area contributed by atoms with Crippen molar-refractivity contribution in [1.82, 2.24) is 19.9 Å². The van der Waals surface area contributed by atoms with Crippen LogP contribution in [0.25, 0.3) is 68.3 Å². The molecule has 0 amide bonds. The molecular weight excluding hydrogens is 1030 g/mol. The number of thiocarbonyl (C=S) groups is 1. The predicted octanol–water partition coefficient (Wildman–Crippen LogP) is 13.0. The Morgan fingerprint density at radius 2 is 1.20 bits per heavy atom. The maximum Gasteiger partial charge on any atom is 2.00 e. The molecule has 0 aromatic carbocycles. The first-order chi connectivity index (χ1) is 33.4. The minimum absolute atomic E-state index is 0. The number of ether oxygens (including phenoxy) is 3. The SMILES string of the molecule is CCCCCCN(CCCCCC)c1ccc(-c2ccnc(/C([NH-])=C/C(=N)C(F)(F)F)c2)s1.O=CO/C=C/c1ccnc(-c2cc(/C=C/OC=O)cc(-c3cc(/C=C/OC=O)ccn3)n2)c1.[N-]=C=S.[Ru+2]. The second-order valence-electron chi connectivity index (χ2n) is 14.5. The van der Waals surface area contributed by atoms with E-state index < -0.39 is 17.6 Å². The molecule has 0 bridgehead atoms. The fourth-order valence-corrected chi connectivity index (χ4v) is 7.27. The molecule has 0 aliphatic heterocycles. The number of aromatic nitrogens is 4. The van der Waals surface area contributed by atoms with Gasteiger partial charge in [0.05, 0.1) is 46.6 Å². The number of alkyl halides is 3. The number of halogens is 3. The molecule has 0 radical (unpaired) electrons. The van der Waals surface area contributed by atoms with Gasteiger partial charge in [-0.2, -0.15) is 18.3 Å². The number of carbonyl (C=O) groups is 3. The van der Waals surface area contributed by atoms with E-state index >= 15 is 0 Å². The van der Waals surface area contributed by atoms with Crippen LogP contribution in [0.4, 0.5) is 18.2 Å². The van der Waals surface area contributed by atoms with Gasteiger partial charge in [-0.15, -0.1) is 17.0 Å². The molecule has 0 unspecified atom stereocenters. The van der Waals surface area contributed by atoms with E-state index in [4.69, 9.17) is 16.6 Å². The number of hydrogen-bond donors (Lipinski definition) is 1. The van der Waals surface area contributed by atoms with Gasteiger partial charge in [0.2, 0.25) is 0 Å². The average molecular weight is 1080 g/mol. The summed E-state index contributed by atoms with van der Waals surface area (Å²) in [6.45, 7) is 7.42. The van der Waals surface area contributed by atoms with Gasteiger partial charge in [0.15, 0.2) is 0 Å². The van der Waals surface area contributed by atoms with Gasteiger partial charge >= 0.3 is 25.7 Å². The zero-order valence-corrected chi connectivity index (χ0v) is 41.7. The van der Waals surface area contributed by atoms with Gasteiger partial charge in [0.25, 0.3) is 19.4 Å². The molecule has 5 rings (SSSR count). The molecule has 0 saturated heterocycles. The van der Waals surface area contributed by atoms with Crippen LogP contribution in [0, 0.1) is 5.41 Å². The summed E-state index contributed by atoms with van der Waals surface area (Å²) in [5.74, 6) is 0. The molecule has 5 aromatic rings. The standard InChI is InChI=1S/C25H34F3N4S.C24H17N3O6.CNS.Ru/c1-3-5-7-9-15-32(16-10-8-6-4-2)24-12-11-22(33-24)19-13-14-31-21(17-19)20(29)18-23(30)25(26,27)28;28-15-31-8-3-18-1-6-25-21(11-18)23-13-20(5-10-33-17-30)14-24(27-23)22-12-19(2-7-26-22)4-9-32-16-29;2-1-3;/h11-14,17-18,29-30H,3-10,15-16H2,1-2H3;1-17H;;/q-1;;-1;+2/b20-18-,30-23?;8-3+,9-4+,10-5+;;. The van der Waals surface area contributed by atoms with Crippen molar-refractivity contribution in [3.05, 3.63) is 138 Å². The Morgan fingerprint density at radius 1 is 0.729 bits per heavy atom. The fraction of sp³-hybridized carbons (Fsp3) is 0.260. The van der Waals surface area contributed by atoms with Crippen LogP contribution < -0.4 is 4.90 Å². The number of hydrogen-bond acceptors (Lipinski definition) is 14. The smallest absolute Gasteiger partial charge is 0.753 e. The van der Waals surface area contributed by atoms with Crippen molar-refractivity contribution in [3.8, 4) is 33.2 Å². The zero-order chi connectivity index (χ0) is 50.3. The molecule has 5 heterocycles. The monoisotopic (exact) mass is 1080 g/mol. The van der Waals surface area contributed by atoms with Crippen LogP contribution in [0.15, 0.2) is 104 Å². The molecule has 0 saturated carbocycles. The number of unbranched alkanes of at least 4 members (excludes halogenated alkanes) is 6. The van der Waals surface area contributed by atoms with Crippen LogP contribution in [0.5, 0.6) is 0 Å². The number of carbonyl (C=O) groups excluding carboxylic acids is 3. The molecule has 368 valence electrons. The van der Waals surface area contributed by atoms with Crippen molar-refractivity contribution in [1.29, 1.82) is 5.41 Å². The molecule has 0 aliphatic carbocycles. The van der Waals surface area contributed by atoms with E-state index in [9.17, 15) is 27.6 Å². The number of allylic oxidation sites excluding steroid dienone is 1. The summed E-state index contributed by atoms with van der Waals surface area (Å²) >= 11 is 5.35. The van der Waals surface area contributed by atoms with Gasteiger partial charge in [0, 0.05) is 42.3 Å². The summed E-state index contributed by atoms with van der Waals surface area (Å²) in [5, 5.41) is 16.8. The molecule has 5 aromatic heterocycles. The van der Waals surface area contributed by atoms with E-state index in [2.05, 4.69) is 71.2 Å². The van der Waals surface area contributed by atoms with Crippen molar-refractivity contribution in [3.63, 3.8) is 0 Å². The van der Waals surface area contributed by atoms with Gasteiger partial charge in [-0.25, -0.2) is 4.98 Å². The molecule has 0 atom stereocenters. The van der Waals surface area contributed by atoms with E-state index in [1.807, 2.05) is 6.07 Å². The predicted molar refractivity (Wildman–Crippen MR) is 269 cm³/mol. The van der Waals surface area contributed by atoms with Crippen molar-refractivity contribution in [2.24, 2.45) is 0 Å². The Balaban J connectivity index is 0.000000448. The third-order valence-electron chi connectivity index (χ3n) is 9.51. The molecule has 14 nitrogen and oxygen atoms in total. The molecule has 0 fully saturated rings. The van der Waals surface area contributed by atoms with Gasteiger partial charge in [-0.3, -0.25) is 34.7 Å². The topological polar surface area (TPSA) is 204 Å². The number of nitrogens with one attached hydrogen (secondary N) is 2. The van der Waals surface area contributed by atoms with Crippen molar-refractivity contribution >= 4 is 82.8 Å². The Morgan fingerprint density at radius 3 is 1.67 bits per heavy atom. The van der Waals surface area contributed by atoms with Crippen LogP contribution in [-0.4, -0.2) is 69.5 Å². The molecule has 2 N–H and O–H groups in total. The summed E-state index contributed by atoms with van der Waals surface area (Å²) in [7, 11) is 0. The number of nitrogens with zero attached hydrogens (tertiary/aromatic N) is 6. The average Bonchev–Trinajstić information content (AvgIpc) is 3.85. The van der Waals surface area contributed by atoms with Gasteiger partial charge in [-0.1, -0.05) is 64.6 Å². The normalized spacial score (nSPS) is 11.1. The second kappa shape index (κ2) is 33.6. The molecule has 0 aliphatic rings. The first-order valence-electron chi connectivity index (χ1n) is 21.5. The van der Waals surface area contributed by atoms with Crippen molar-refractivity contribution in [2.45, 2.75) is 71.4 Å². The van der Waals surface area contributed by atoms with E-state index in [0.717, 1.165) is 47.5 Å². The van der Waals surface area contributed by atoms with Gasteiger partial charge < -0.3 is 30.3 Å². The van der Waals surface area contributed by atoms with Crippen LogP contribution in [0.3, 0.4) is 0 Å². The van der Waals surface area contributed by atoms with E-state index in [1.54, 1.807) is 90.5 Å². The van der Waals surface area contributed by atoms with Crippen LogP contribution in [0.1, 0.15) is 87.6 Å². The van der Waals surface area contributed by atoms with Crippen LogP contribution in [0.2, 0.25) is 0 Å². The minimum atomic E-state index is -4.77. The summed E-state index contributed by atoms with van der Waals surface area (Å²) < 4.78 is 51.7. The number of pyridine rings is 4. The number of rotatable bonds is 25. The zero-order valence-electron chi connectivity index (χ0n) is 38.3. The summed E-state index contributed by atoms with van der Waals surface area (Å²) in [6.07, 6.45) is 18.7. The Bertz CT molecular complexity index is 2490. The second-order valence-corrected chi connectivity index (χ2v) is 15.7. The third-order valence-corrected chi connectivity index (χ3v) is 10.7.